The number of amides is 1. The van der Waals surface area contributed by atoms with Gasteiger partial charge in [0, 0.05) is 11.1 Å². The number of phenols is 1. The highest BCUT2D eigenvalue weighted by Crippen LogP contribution is 2.13. The van der Waals surface area contributed by atoms with Crippen LogP contribution in [-0.2, 0) is 0 Å². The second kappa shape index (κ2) is 6.38. The predicted octanol–water partition coefficient (Wildman–Crippen LogP) is 2.16. The largest absolute Gasteiger partial charge is 0.507 e. The molecule has 0 heterocycles. The fraction of sp³-hybridized carbons (Fsp3) is 0.0667. The number of phenolic OH excluding ortho intramolecular Hbond substituents is 1. The quantitative estimate of drug-likeness (QED) is 0.660. The third-order valence-corrected chi connectivity index (χ3v) is 2.64. The van der Waals surface area contributed by atoms with Gasteiger partial charge in [-0.15, -0.1) is 0 Å². The molecule has 0 saturated heterocycles. The minimum Gasteiger partial charge on any atom is -0.507 e. The molecular formula is C15H14N2O3. The van der Waals surface area contributed by atoms with Crippen LogP contribution in [0, 0.1) is 0 Å². The summed E-state index contributed by atoms with van der Waals surface area (Å²) in [7, 11) is 1.54. The summed E-state index contributed by atoms with van der Waals surface area (Å²) in [6.45, 7) is 0. The van der Waals surface area contributed by atoms with Gasteiger partial charge in [0.05, 0.1) is 13.3 Å². The average Bonchev–Trinajstić information content (AvgIpc) is 2.49. The van der Waals surface area contributed by atoms with Crippen molar-refractivity contribution in [3.05, 3.63) is 59.7 Å². The third-order valence-electron chi connectivity index (χ3n) is 2.64. The van der Waals surface area contributed by atoms with Crippen LogP contribution in [0.1, 0.15) is 15.9 Å². The fourth-order valence-corrected chi connectivity index (χ4v) is 1.59. The number of hydrogen-bond acceptors (Lipinski definition) is 4. The zero-order valence-electron chi connectivity index (χ0n) is 10.9. The molecule has 0 aliphatic carbocycles. The lowest BCUT2D eigenvalue weighted by Crippen LogP contribution is -2.17. The smallest absolute Gasteiger partial charge is 0.271 e. The predicted molar refractivity (Wildman–Crippen MR) is 76.2 cm³/mol. The van der Waals surface area contributed by atoms with E-state index in [0.29, 0.717) is 16.9 Å². The van der Waals surface area contributed by atoms with E-state index in [0.717, 1.165) is 0 Å². The van der Waals surface area contributed by atoms with Crippen molar-refractivity contribution in [3.63, 3.8) is 0 Å². The lowest BCUT2D eigenvalue weighted by molar-refractivity contribution is 0.0955. The lowest BCUT2D eigenvalue weighted by atomic mass is 10.2. The van der Waals surface area contributed by atoms with E-state index in [1.807, 2.05) is 0 Å². The van der Waals surface area contributed by atoms with E-state index in [2.05, 4.69) is 10.5 Å². The van der Waals surface area contributed by atoms with Crippen molar-refractivity contribution >= 4 is 12.1 Å². The molecule has 102 valence electrons. The summed E-state index contributed by atoms with van der Waals surface area (Å²) in [5.41, 5.74) is 3.36. The maximum Gasteiger partial charge on any atom is 0.271 e. The van der Waals surface area contributed by atoms with Crippen LogP contribution in [0.15, 0.2) is 53.6 Å². The molecule has 2 rings (SSSR count). The van der Waals surface area contributed by atoms with Crippen LogP contribution < -0.4 is 10.2 Å². The van der Waals surface area contributed by atoms with E-state index in [1.165, 1.54) is 13.3 Å². The Bertz CT molecular complexity index is 639. The molecule has 0 unspecified atom stereocenters. The molecule has 0 fully saturated rings. The number of nitrogens with zero attached hydrogens (tertiary/aromatic N) is 1. The van der Waals surface area contributed by atoms with Crippen LogP contribution in [0.4, 0.5) is 0 Å². The number of rotatable bonds is 4. The first kappa shape index (κ1) is 13.6. The normalized spacial score (nSPS) is 10.4. The summed E-state index contributed by atoms with van der Waals surface area (Å²) in [5.74, 6) is 0.352. The minimum absolute atomic E-state index is 0.104. The molecule has 0 aliphatic heterocycles. The molecular weight excluding hydrogens is 256 g/mol. The molecule has 0 saturated carbocycles. The van der Waals surface area contributed by atoms with Gasteiger partial charge in [-0.3, -0.25) is 4.79 Å². The highest BCUT2D eigenvalue weighted by molar-refractivity contribution is 5.95. The highest BCUT2D eigenvalue weighted by atomic mass is 16.5. The van der Waals surface area contributed by atoms with Crippen LogP contribution in [0.5, 0.6) is 11.5 Å². The molecule has 5 nitrogen and oxygen atoms in total. The van der Waals surface area contributed by atoms with Gasteiger partial charge in [-0.1, -0.05) is 18.2 Å². The number of nitrogens with one attached hydrogen (secondary N) is 1. The molecule has 2 N–H and O–H groups in total. The minimum atomic E-state index is -0.351. The fourth-order valence-electron chi connectivity index (χ4n) is 1.59. The zero-order chi connectivity index (χ0) is 14.4. The van der Waals surface area contributed by atoms with Gasteiger partial charge in [0.1, 0.15) is 11.5 Å². The van der Waals surface area contributed by atoms with Crippen LogP contribution >= 0.6 is 0 Å². The Hall–Kier alpha value is -2.82. The molecule has 0 aliphatic rings. The number of para-hydroxylation sites is 1. The summed E-state index contributed by atoms with van der Waals surface area (Å²) in [6.07, 6.45) is 1.38. The number of ether oxygens (including phenoxy) is 1. The molecule has 0 atom stereocenters. The highest BCUT2D eigenvalue weighted by Gasteiger charge is 2.05. The van der Waals surface area contributed by atoms with Crippen molar-refractivity contribution in [2.45, 2.75) is 0 Å². The maximum atomic E-state index is 11.8. The molecule has 0 spiro atoms. The number of hydrazone groups is 1. The van der Waals surface area contributed by atoms with Gasteiger partial charge < -0.3 is 9.84 Å². The van der Waals surface area contributed by atoms with Gasteiger partial charge in [0.2, 0.25) is 0 Å². The first-order valence-electron chi connectivity index (χ1n) is 5.96. The molecule has 0 aromatic heterocycles. The average molecular weight is 270 g/mol. The maximum absolute atomic E-state index is 11.8. The first-order valence-corrected chi connectivity index (χ1v) is 5.96. The van der Waals surface area contributed by atoms with E-state index in [4.69, 9.17) is 4.74 Å². The molecule has 1 amide bonds. The Morgan fingerprint density at radius 2 is 2.05 bits per heavy atom. The van der Waals surface area contributed by atoms with E-state index in [9.17, 15) is 9.90 Å². The Labute approximate surface area is 116 Å². The first-order chi connectivity index (χ1) is 9.70. The third kappa shape index (κ3) is 3.35. The molecule has 2 aromatic rings. The van der Waals surface area contributed by atoms with E-state index >= 15 is 0 Å². The molecule has 20 heavy (non-hydrogen) atoms. The van der Waals surface area contributed by atoms with Gasteiger partial charge >= 0.3 is 0 Å². The molecule has 0 bridgehead atoms. The van der Waals surface area contributed by atoms with Crippen molar-refractivity contribution < 1.29 is 14.6 Å². The summed E-state index contributed by atoms with van der Waals surface area (Å²) in [4.78, 5) is 11.8. The monoisotopic (exact) mass is 270 g/mol. The van der Waals surface area contributed by atoms with Crippen molar-refractivity contribution in [3.8, 4) is 11.5 Å². The van der Waals surface area contributed by atoms with Crippen LogP contribution in [-0.4, -0.2) is 24.3 Å². The number of hydrogen-bond donors (Lipinski definition) is 2. The van der Waals surface area contributed by atoms with Crippen LogP contribution in [0.3, 0.4) is 0 Å². The zero-order valence-corrected chi connectivity index (χ0v) is 10.9. The molecule has 2 aromatic carbocycles. The van der Waals surface area contributed by atoms with Crippen molar-refractivity contribution in [1.82, 2.24) is 5.43 Å². The topological polar surface area (TPSA) is 70.9 Å². The molecule has 0 radical (unpaired) electrons. The Morgan fingerprint density at radius 1 is 1.25 bits per heavy atom. The van der Waals surface area contributed by atoms with Crippen molar-refractivity contribution in [1.29, 1.82) is 0 Å². The van der Waals surface area contributed by atoms with Gasteiger partial charge in [0.25, 0.3) is 5.91 Å². The van der Waals surface area contributed by atoms with Crippen LogP contribution in [0.25, 0.3) is 0 Å². The van der Waals surface area contributed by atoms with E-state index in [-0.39, 0.29) is 11.7 Å². The second-order valence-electron chi connectivity index (χ2n) is 3.99. The Morgan fingerprint density at radius 3 is 2.80 bits per heavy atom. The number of aromatic hydroxyl groups is 1. The van der Waals surface area contributed by atoms with Crippen molar-refractivity contribution in [2.75, 3.05) is 7.11 Å². The van der Waals surface area contributed by atoms with E-state index < -0.39 is 0 Å². The van der Waals surface area contributed by atoms with E-state index in [1.54, 1.807) is 48.5 Å². The number of carbonyl (C=O) groups excluding carboxylic acids is 1. The van der Waals surface area contributed by atoms with Gasteiger partial charge in [0.15, 0.2) is 0 Å². The number of methoxy groups -OCH3 is 1. The molecule has 5 heteroatoms. The van der Waals surface area contributed by atoms with Crippen molar-refractivity contribution in [2.24, 2.45) is 5.10 Å². The summed E-state index contributed by atoms with van der Waals surface area (Å²) >= 11 is 0. The standard InChI is InChI=1S/C15H14N2O3/c1-20-13-7-4-6-11(9-13)15(19)17-16-10-12-5-2-3-8-14(12)18/h2-10,18H,1H3,(H,17,19)/b16-10+. The van der Waals surface area contributed by atoms with Gasteiger partial charge in [-0.2, -0.15) is 5.10 Å². The number of benzene rings is 2. The Kier molecular flexibility index (Phi) is 4.34. The Balaban J connectivity index is 2.03. The van der Waals surface area contributed by atoms with Crippen LogP contribution in [0.2, 0.25) is 0 Å². The summed E-state index contributed by atoms with van der Waals surface area (Å²) in [6, 6.07) is 13.5. The lowest BCUT2D eigenvalue weighted by Gasteiger charge is -2.03. The SMILES string of the molecule is COc1cccc(C(=O)N/N=C/c2ccccc2O)c1. The van der Waals surface area contributed by atoms with Gasteiger partial charge in [-0.05, 0) is 30.3 Å². The number of carbonyl (C=O) groups is 1. The summed E-state index contributed by atoms with van der Waals surface area (Å²) in [5, 5.41) is 13.3. The summed E-state index contributed by atoms with van der Waals surface area (Å²) < 4.78 is 5.04. The second-order valence-corrected chi connectivity index (χ2v) is 3.99. The van der Waals surface area contributed by atoms with Gasteiger partial charge in [-0.25, -0.2) is 5.43 Å².